The third-order valence-electron chi connectivity index (χ3n) is 2.49. The van der Waals surface area contributed by atoms with E-state index in [1.165, 1.54) is 17.9 Å². The van der Waals surface area contributed by atoms with Crippen LogP contribution in [0, 0.1) is 5.92 Å². The Morgan fingerprint density at radius 2 is 2.64 bits per heavy atom. The normalized spacial score (nSPS) is 23.9. The number of aromatic nitrogens is 4. The lowest BCUT2D eigenvalue weighted by Crippen LogP contribution is -2.26. The molecule has 5 nitrogen and oxygen atoms in total. The molecule has 6 heteroatoms. The number of tetrazole rings is 1. The largest absolute Gasteiger partial charge is 0.307 e. The van der Waals surface area contributed by atoms with Gasteiger partial charge in [-0.05, 0) is 37.3 Å². The number of hydrogen-bond donors (Lipinski definition) is 2. The number of thioether (sulfide) groups is 1. The summed E-state index contributed by atoms with van der Waals surface area (Å²) in [5.74, 6) is 4.15. The van der Waals surface area contributed by atoms with E-state index in [9.17, 15) is 0 Å². The molecule has 0 bridgehead atoms. The first-order chi connectivity index (χ1) is 6.86. The van der Waals surface area contributed by atoms with Crippen molar-refractivity contribution in [2.75, 3.05) is 18.1 Å². The summed E-state index contributed by atoms with van der Waals surface area (Å²) in [6.07, 6.45) is 1.33. The summed E-state index contributed by atoms with van der Waals surface area (Å²) in [4.78, 5) is 0. The molecule has 0 saturated carbocycles. The molecule has 1 aliphatic heterocycles. The Hall–Kier alpha value is -0.620. The van der Waals surface area contributed by atoms with Crippen molar-refractivity contribution in [2.45, 2.75) is 19.4 Å². The number of aromatic amines is 1. The molecule has 1 saturated heterocycles. The lowest BCUT2D eigenvalue weighted by atomic mass is 10.1. The van der Waals surface area contributed by atoms with Gasteiger partial charge < -0.3 is 5.32 Å². The summed E-state index contributed by atoms with van der Waals surface area (Å²) < 4.78 is 0. The average molecular weight is 213 g/mol. The predicted octanol–water partition coefficient (Wildman–Crippen LogP) is 0.603. The molecule has 1 fully saturated rings. The highest BCUT2D eigenvalue weighted by Gasteiger charge is 2.17. The first kappa shape index (κ1) is 9.92. The van der Waals surface area contributed by atoms with Gasteiger partial charge in [-0.2, -0.15) is 17.0 Å². The second-order valence-corrected chi connectivity index (χ2v) is 4.78. The lowest BCUT2D eigenvalue weighted by Gasteiger charge is -2.13. The molecule has 1 aromatic heterocycles. The van der Waals surface area contributed by atoms with Gasteiger partial charge in [0.25, 0.3) is 0 Å². The molecule has 0 radical (unpaired) electrons. The van der Waals surface area contributed by atoms with Crippen molar-refractivity contribution in [3.63, 3.8) is 0 Å². The molecule has 14 heavy (non-hydrogen) atoms. The van der Waals surface area contributed by atoms with Crippen LogP contribution in [0.3, 0.4) is 0 Å². The van der Waals surface area contributed by atoms with Crippen LogP contribution in [0.5, 0.6) is 0 Å². The van der Waals surface area contributed by atoms with E-state index in [2.05, 4.69) is 32.9 Å². The van der Waals surface area contributed by atoms with Crippen molar-refractivity contribution in [3.05, 3.63) is 5.82 Å². The molecule has 0 aliphatic carbocycles. The molecule has 78 valence electrons. The lowest BCUT2D eigenvalue weighted by molar-refractivity contribution is 0.465. The third kappa shape index (κ3) is 2.45. The van der Waals surface area contributed by atoms with E-state index in [-0.39, 0.29) is 6.04 Å². The van der Waals surface area contributed by atoms with Crippen LogP contribution < -0.4 is 5.32 Å². The van der Waals surface area contributed by atoms with Gasteiger partial charge in [-0.3, -0.25) is 0 Å². The number of H-pyrrole nitrogens is 1. The van der Waals surface area contributed by atoms with Crippen LogP contribution in [-0.4, -0.2) is 38.7 Å². The minimum absolute atomic E-state index is 0.194. The van der Waals surface area contributed by atoms with Crippen molar-refractivity contribution in [1.29, 1.82) is 0 Å². The van der Waals surface area contributed by atoms with Crippen LogP contribution in [-0.2, 0) is 0 Å². The van der Waals surface area contributed by atoms with Gasteiger partial charge in [-0.25, -0.2) is 0 Å². The summed E-state index contributed by atoms with van der Waals surface area (Å²) in [6, 6.07) is 0.194. The molecule has 1 aliphatic rings. The zero-order valence-corrected chi connectivity index (χ0v) is 9.05. The maximum absolute atomic E-state index is 3.95. The molecule has 2 heterocycles. The van der Waals surface area contributed by atoms with E-state index in [0.29, 0.717) is 0 Å². The standard InChI is InChI=1S/C8H15N5S/c1-6(8-10-12-13-11-8)9-4-7-2-3-14-5-7/h6-7,9H,2-5H2,1H3,(H,10,11,12,13). The monoisotopic (exact) mass is 213 g/mol. The van der Waals surface area contributed by atoms with Gasteiger partial charge in [0, 0.05) is 0 Å². The quantitative estimate of drug-likeness (QED) is 0.767. The minimum Gasteiger partial charge on any atom is -0.307 e. The van der Waals surface area contributed by atoms with Crippen molar-refractivity contribution < 1.29 is 0 Å². The molecular weight excluding hydrogens is 198 g/mol. The van der Waals surface area contributed by atoms with Crippen LogP contribution in [0.15, 0.2) is 0 Å². The Morgan fingerprint density at radius 1 is 1.71 bits per heavy atom. The zero-order chi connectivity index (χ0) is 9.80. The Kier molecular flexibility index (Phi) is 3.36. The molecule has 2 N–H and O–H groups in total. The number of nitrogens with one attached hydrogen (secondary N) is 2. The smallest absolute Gasteiger partial charge is 0.191 e. The second-order valence-electron chi connectivity index (χ2n) is 3.63. The summed E-state index contributed by atoms with van der Waals surface area (Å²) >= 11 is 2.04. The molecule has 0 spiro atoms. The summed E-state index contributed by atoms with van der Waals surface area (Å²) in [5.41, 5.74) is 0. The van der Waals surface area contributed by atoms with Crippen molar-refractivity contribution in [1.82, 2.24) is 25.9 Å². The topological polar surface area (TPSA) is 66.5 Å². The third-order valence-corrected chi connectivity index (χ3v) is 3.72. The van der Waals surface area contributed by atoms with E-state index < -0.39 is 0 Å². The van der Waals surface area contributed by atoms with E-state index >= 15 is 0 Å². The predicted molar refractivity (Wildman–Crippen MR) is 56.0 cm³/mol. The van der Waals surface area contributed by atoms with E-state index in [1.807, 2.05) is 11.8 Å². The summed E-state index contributed by atoms with van der Waals surface area (Å²) in [7, 11) is 0. The van der Waals surface area contributed by atoms with Crippen LogP contribution in [0.2, 0.25) is 0 Å². The molecular formula is C8H15N5S. The van der Waals surface area contributed by atoms with Gasteiger partial charge in [0.05, 0.1) is 6.04 Å². The first-order valence-electron chi connectivity index (χ1n) is 4.90. The summed E-state index contributed by atoms with van der Waals surface area (Å²) in [5, 5.41) is 17.3. The fourth-order valence-corrected chi connectivity index (χ4v) is 2.82. The van der Waals surface area contributed by atoms with Crippen molar-refractivity contribution in [2.24, 2.45) is 5.92 Å². The van der Waals surface area contributed by atoms with Gasteiger partial charge in [0.1, 0.15) is 0 Å². The van der Waals surface area contributed by atoms with Gasteiger partial charge in [-0.1, -0.05) is 5.21 Å². The molecule has 0 amide bonds. The van der Waals surface area contributed by atoms with Gasteiger partial charge in [-0.15, -0.1) is 10.2 Å². The molecule has 1 aromatic rings. The first-order valence-corrected chi connectivity index (χ1v) is 6.06. The van der Waals surface area contributed by atoms with Crippen LogP contribution in [0.1, 0.15) is 25.2 Å². The van der Waals surface area contributed by atoms with Gasteiger partial charge in [0.15, 0.2) is 5.82 Å². The van der Waals surface area contributed by atoms with E-state index in [0.717, 1.165) is 18.3 Å². The second kappa shape index (κ2) is 4.75. The fourth-order valence-electron chi connectivity index (χ4n) is 1.53. The number of nitrogens with zero attached hydrogens (tertiary/aromatic N) is 3. The maximum atomic E-state index is 3.95. The number of rotatable bonds is 4. The highest BCUT2D eigenvalue weighted by Crippen LogP contribution is 2.23. The SMILES string of the molecule is CC(NCC1CCSC1)c1nn[nH]n1. The van der Waals surface area contributed by atoms with Crippen LogP contribution >= 0.6 is 11.8 Å². The molecule has 2 unspecified atom stereocenters. The van der Waals surface area contributed by atoms with Crippen LogP contribution in [0.4, 0.5) is 0 Å². The van der Waals surface area contributed by atoms with Gasteiger partial charge >= 0.3 is 0 Å². The molecule has 2 rings (SSSR count). The Bertz CT molecular complexity index is 257. The van der Waals surface area contributed by atoms with Crippen molar-refractivity contribution >= 4 is 11.8 Å². The van der Waals surface area contributed by atoms with Crippen molar-refractivity contribution in [3.8, 4) is 0 Å². The Balaban J connectivity index is 1.74. The highest BCUT2D eigenvalue weighted by molar-refractivity contribution is 7.99. The van der Waals surface area contributed by atoms with E-state index in [1.54, 1.807) is 0 Å². The number of hydrogen-bond acceptors (Lipinski definition) is 5. The average Bonchev–Trinajstić information content (AvgIpc) is 2.87. The van der Waals surface area contributed by atoms with Crippen LogP contribution in [0.25, 0.3) is 0 Å². The van der Waals surface area contributed by atoms with Gasteiger partial charge in [0.2, 0.25) is 0 Å². The maximum Gasteiger partial charge on any atom is 0.191 e. The Morgan fingerprint density at radius 3 is 3.29 bits per heavy atom. The Labute approximate surface area is 87.4 Å². The summed E-state index contributed by atoms with van der Waals surface area (Å²) in [6.45, 7) is 3.12. The van der Waals surface area contributed by atoms with E-state index in [4.69, 9.17) is 0 Å². The molecule has 2 atom stereocenters. The minimum atomic E-state index is 0.194. The molecule has 0 aromatic carbocycles. The zero-order valence-electron chi connectivity index (χ0n) is 8.23. The highest BCUT2D eigenvalue weighted by atomic mass is 32.2. The fraction of sp³-hybridized carbons (Fsp3) is 0.875.